The molecule has 0 bridgehead atoms. The quantitative estimate of drug-likeness (QED) is 0.183. The van der Waals surface area contributed by atoms with Crippen LogP contribution in [-0.2, 0) is 0 Å². The number of hydrogen-bond donors (Lipinski definition) is 0. The highest BCUT2D eigenvalue weighted by atomic mass is 32.2. The molecule has 50 heavy (non-hydrogen) atoms. The van der Waals surface area contributed by atoms with Crippen LogP contribution in [0.2, 0.25) is 0 Å². The molecule has 7 aromatic rings. The SMILES string of the molecule is CC12C=CC=CC1c1c(cccc1-c1ccc(N(C3=C(c4ccc5ccccc5c4)CCC=C3)c3cccc4oc5ccccc5c34)cc1)S2. The Hall–Kier alpha value is -5.51. The van der Waals surface area contributed by atoms with Crippen molar-refractivity contribution in [2.24, 2.45) is 0 Å². The number of anilines is 2. The lowest BCUT2D eigenvalue weighted by molar-refractivity contribution is 0.669. The van der Waals surface area contributed by atoms with Gasteiger partial charge in [0.2, 0.25) is 0 Å². The second-order valence-electron chi connectivity index (χ2n) is 13.7. The Kier molecular flexibility index (Phi) is 6.79. The third kappa shape index (κ3) is 4.64. The molecule has 0 fully saturated rings. The van der Waals surface area contributed by atoms with Gasteiger partial charge in [0.25, 0.3) is 0 Å². The first-order chi connectivity index (χ1) is 24.6. The van der Waals surface area contributed by atoms with Gasteiger partial charge in [-0.05, 0) is 107 Å². The van der Waals surface area contributed by atoms with Crippen LogP contribution in [0.25, 0.3) is 49.4 Å². The fraction of sp³-hybridized carbons (Fsp3) is 0.106. The first kappa shape index (κ1) is 29.4. The van der Waals surface area contributed by atoms with Crippen molar-refractivity contribution in [3.63, 3.8) is 0 Å². The maximum Gasteiger partial charge on any atom is 0.137 e. The molecule has 0 saturated heterocycles. The Morgan fingerprint density at radius 1 is 0.740 bits per heavy atom. The number of thioether (sulfide) groups is 1. The lowest BCUT2D eigenvalue weighted by atomic mass is 9.80. The minimum atomic E-state index is 0.0505. The van der Waals surface area contributed by atoms with Gasteiger partial charge >= 0.3 is 0 Å². The Balaban J connectivity index is 1.17. The Labute approximate surface area is 296 Å². The van der Waals surface area contributed by atoms with Gasteiger partial charge in [-0.2, -0.15) is 0 Å². The minimum absolute atomic E-state index is 0.0505. The zero-order chi connectivity index (χ0) is 33.2. The van der Waals surface area contributed by atoms with Crippen molar-refractivity contribution in [2.75, 3.05) is 4.90 Å². The number of rotatable bonds is 5. The lowest BCUT2D eigenvalue weighted by Crippen LogP contribution is -2.22. The van der Waals surface area contributed by atoms with E-state index in [0.717, 1.165) is 46.2 Å². The fourth-order valence-electron chi connectivity index (χ4n) is 8.31. The molecule has 0 saturated carbocycles. The van der Waals surface area contributed by atoms with E-state index in [1.165, 1.54) is 49.2 Å². The molecule has 0 radical (unpaired) electrons. The number of benzene rings is 6. The summed E-state index contributed by atoms with van der Waals surface area (Å²) < 4.78 is 6.47. The molecule has 1 aromatic heterocycles. The van der Waals surface area contributed by atoms with E-state index in [4.69, 9.17) is 4.42 Å². The second kappa shape index (κ2) is 11.5. The van der Waals surface area contributed by atoms with Crippen LogP contribution in [0.15, 0.2) is 179 Å². The van der Waals surface area contributed by atoms with Gasteiger partial charge in [-0.25, -0.2) is 0 Å². The first-order valence-electron chi connectivity index (χ1n) is 17.5. The highest BCUT2D eigenvalue weighted by Crippen LogP contribution is 2.58. The van der Waals surface area contributed by atoms with Crippen molar-refractivity contribution in [1.82, 2.24) is 0 Å². The van der Waals surface area contributed by atoms with Crippen molar-refractivity contribution < 1.29 is 4.42 Å². The molecule has 0 N–H and O–H groups in total. The summed E-state index contributed by atoms with van der Waals surface area (Å²) in [6.07, 6.45) is 15.8. The summed E-state index contributed by atoms with van der Waals surface area (Å²) >= 11 is 1.99. The Morgan fingerprint density at radius 2 is 1.54 bits per heavy atom. The predicted octanol–water partition coefficient (Wildman–Crippen LogP) is 13.4. The molecule has 3 aliphatic rings. The monoisotopic (exact) mass is 661 g/mol. The summed E-state index contributed by atoms with van der Waals surface area (Å²) in [7, 11) is 0. The molecule has 2 heterocycles. The number of fused-ring (bicyclic) bond motifs is 7. The third-order valence-electron chi connectivity index (χ3n) is 10.7. The van der Waals surface area contributed by atoms with Crippen LogP contribution >= 0.6 is 11.8 Å². The average molecular weight is 662 g/mol. The van der Waals surface area contributed by atoms with Gasteiger partial charge in [0.15, 0.2) is 0 Å². The van der Waals surface area contributed by atoms with Crippen molar-refractivity contribution in [3.05, 3.63) is 181 Å². The Morgan fingerprint density at radius 3 is 2.46 bits per heavy atom. The molecule has 1 aliphatic heterocycles. The fourth-order valence-corrected chi connectivity index (χ4v) is 9.75. The first-order valence-corrected chi connectivity index (χ1v) is 18.3. The van der Waals surface area contributed by atoms with E-state index in [-0.39, 0.29) is 4.75 Å². The molecule has 2 unspecified atom stereocenters. The van der Waals surface area contributed by atoms with Crippen LogP contribution in [-0.4, -0.2) is 4.75 Å². The maximum atomic E-state index is 6.42. The topological polar surface area (TPSA) is 16.4 Å². The van der Waals surface area contributed by atoms with Crippen molar-refractivity contribution in [2.45, 2.75) is 35.3 Å². The van der Waals surface area contributed by atoms with E-state index < -0.39 is 0 Å². The number of para-hydroxylation sites is 1. The lowest BCUT2D eigenvalue weighted by Gasteiger charge is -2.31. The molecule has 2 aliphatic carbocycles. The van der Waals surface area contributed by atoms with E-state index in [2.05, 4.69) is 170 Å². The van der Waals surface area contributed by atoms with Crippen LogP contribution in [0, 0.1) is 0 Å². The van der Waals surface area contributed by atoms with Crippen LogP contribution in [0.3, 0.4) is 0 Å². The molecular formula is C47H35NOS. The van der Waals surface area contributed by atoms with E-state index in [0.29, 0.717) is 5.92 Å². The molecule has 6 aromatic carbocycles. The van der Waals surface area contributed by atoms with E-state index in [1.54, 1.807) is 0 Å². The van der Waals surface area contributed by atoms with Crippen LogP contribution in [0.5, 0.6) is 0 Å². The number of allylic oxidation sites excluding steroid dienone is 6. The second-order valence-corrected chi connectivity index (χ2v) is 15.2. The molecule has 0 amide bonds. The smallest absolute Gasteiger partial charge is 0.137 e. The molecule has 10 rings (SSSR count). The largest absolute Gasteiger partial charge is 0.456 e. The van der Waals surface area contributed by atoms with Gasteiger partial charge in [-0.1, -0.05) is 115 Å². The summed E-state index contributed by atoms with van der Waals surface area (Å²) in [6, 6.07) is 46.5. The highest BCUT2D eigenvalue weighted by Gasteiger charge is 2.42. The molecule has 2 nitrogen and oxygen atoms in total. The molecule has 240 valence electrons. The average Bonchev–Trinajstić information content (AvgIpc) is 3.70. The van der Waals surface area contributed by atoms with E-state index in [1.807, 2.05) is 17.8 Å². The predicted molar refractivity (Wildman–Crippen MR) is 212 cm³/mol. The zero-order valence-corrected chi connectivity index (χ0v) is 28.7. The molecule has 2 atom stereocenters. The van der Waals surface area contributed by atoms with Crippen molar-refractivity contribution in [1.29, 1.82) is 0 Å². The summed E-state index contributed by atoms with van der Waals surface area (Å²) in [6.45, 7) is 2.37. The van der Waals surface area contributed by atoms with Gasteiger partial charge in [0.1, 0.15) is 11.2 Å². The van der Waals surface area contributed by atoms with E-state index in [9.17, 15) is 0 Å². The number of furan rings is 1. The molecule has 0 spiro atoms. The van der Waals surface area contributed by atoms with Crippen molar-refractivity contribution in [3.8, 4) is 11.1 Å². The van der Waals surface area contributed by atoms with Crippen LogP contribution < -0.4 is 4.90 Å². The third-order valence-corrected chi connectivity index (χ3v) is 12.1. The summed E-state index contributed by atoms with van der Waals surface area (Å²) in [5, 5.41) is 4.78. The summed E-state index contributed by atoms with van der Waals surface area (Å²) in [4.78, 5) is 3.85. The normalized spacial score (nSPS) is 19.4. The summed E-state index contributed by atoms with van der Waals surface area (Å²) in [5.41, 5.74) is 11.9. The Bertz CT molecular complexity index is 2600. The van der Waals surface area contributed by atoms with Gasteiger partial charge in [-0.3, -0.25) is 0 Å². The van der Waals surface area contributed by atoms with Gasteiger partial charge < -0.3 is 9.32 Å². The van der Waals surface area contributed by atoms with E-state index >= 15 is 0 Å². The van der Waals surface area contributed by atoms with Gasteiger partial charge in [0, 0.05) is 32.3 Å². The number of hydrogen-bond acceptors (Lipinski definition) is 3. The highest BCUT2D eigenvalue weighted by molar-refractivity contribution is 8.01. The van der Waals surface area contributed by atoms with Crippen molar-refractivity contribution >= 4 is 61.4 Å². The zero-order valence-electron chi connectivity index (χ0n) is 27.8. The van der Waals surface area contributed by atoms with Crippen LogP contribution in [0.4, 0.5) is 11.4 Å². The minimum Gasteiger partial charge on any atom is -0.456 e. The standard InChI is InChI=1S/C47H35NOS/c1-47-29-9-8-17-39(47)45-37(16-10-22-44(45)50-47)32-25-27-35(28-26-32)48(41-19-11-21-43-46(41)38-15-5-7-20-42(38)49-43)40-18-6-4-14-36(40)34-24-23-31-12-2-3-13-33(31)30-34/h2-3,5-13,15-30,39H,4,14H2,1H3. The molecule has 3 heteroatoms. The summed E-state index contributed by atoms with van der Waals surface area (Å²) in [5.74, 6) is 0.355. The van der Waals surface area contributed by atoms with Gasteiger partial charge in [-0.15, -0.1) is 11.8 Å². The van der Waals surface area contributed by atoms with Crippen LogP contribution in [0.1, 0.15) is 36.8 Å². The molecular weight excluding hydrogens is 627 g/mol. The maximum absolute atomic E-state index is 6.42. The van der Waals surface area contributed by atoms with Gasteiger partial charge in [0.05, 0.1) is 11.1 Å². The number of nitrogens with zero attached hydrogens (tertiary/aromatic N) is 1.